The molecule has 0 aliphatic rings. The molecule has 0 fully saturated rings. The zero-order valence-electron chi connectivity index (χ0n) is 11.6. The minimum Gasteiger partial charge on any atom is -0.309 e. The van der Waals surface area contributed by atoms with Gasteiger partial charge in [-0.15, -0.1) is 11.8 Å². The number of rotatable bonds is 6. The van der Waals surface area contributed by atoms with E-state index in [9.17, 15) is 4.39 Å². The summed E-state index contributed by atoms with van der Waals surface area (Å²) in [5, 5.41) is 3.75. The van der Waals surface area contributed by atoms with Crippen LogP contribution in [0.1, 0.15) is 18.5 Å². The molecule has 2 aromatic rings. The minimum absolute atomic E-state index is 0.0451. The van der Waals surface area contributed by atoms with Gasteiger partial charge in [-0.25, -0.2) is 4.39 Å². The molecule has 1 atom stereocenters. The van der Waals surface area contributed by atoms with E-state index >= 15 is 0 Å². The van der Waals surface area contributed by atoms with Gasteiger partial charge >= 0.3 is 0 Å². The zero-order valence-corrected chi connectivity index (χ0v) is 14.7. The average Bonchev–Trinajstić information content (AvgIpc) is 2.44. The van der Waals surface area contributed by atoms with Crippen LogP contribution in [0.15, 0.2) is 51.8 Å². The van der Waals surface area contributed by atoms with E-state index in [4.69, 9.17) is 11.6 Å². The van der Waals surface area contributed by atoms with Gasteiger partial charge in [-0.05, 0) is 36.9 Å². The van der Waals surface area contributed by atoms with Crippen molar-refractivity contribution in [1.82, 2.24) is 5.32 Å². The van der Waals surface area contributed by atoms with Crippen molar-refractivity contribution < 1.29 is 4.39 Å². The summed E-state index contributed by atoms with van der Waals surface area (Å²) in [5.74, 6) is 0.492. The third-order valence-corrected chi connectivity index (χ3v) is 4.82. The van der Waals surface area contributed by atoms with E-state index in [1.807, 2.05) is 19.1 Å². The molecule has 0 aliphatic heterocycles. The number of nitrogens with one attached hydrogen (secondary N) is 1. The van der Waals surface area contributed by atoms with E-state index in [2.05, 4.69) is 33.4 Å². The highest BCUT2D eigenvalue weighted by Gasteiger charge is 2.15. The standard InChI is InChI=1S/C16H16BrClFNS/c1-2-20-16(14-7-6-12(18)9-15(14)19)10-21-13-5-3-4-11(17)8-13/h3-9,16,20H,2,10H2,1H3. The third kappa shape index (κ3) is 4.99. The first-order chi connectivity index (χ1) is 10.1. The van der Waals surface area contributed by atoms with Gasteiger partial charge in [0.15, 0.2) is 0 Å². The molecule has 2 rings (SSSR count). The summed E-state index contributed by atoms with van der Waals surface area (Å²) in [6.07, 6.45) is 0. The van der Waals surface area contributed by atoms with Crippen LogP contribution in [0.2, 0.25) is 5.02 Å². The van der Waals surface area contributed by atoms with Gasteiger partial charge in [0.05, 0.1) is 0 Å². The predicted molar refractivity (Wildman–Crippen MR) is 92.7 cm³/mol. The minimum atomic E-state index is -0.261. The molecule has 2 aromatic carbocycles. The Morgan fingerprint density at radius 1 is 1.29 bits per heavy atom. The van der Waals surface area contributed by atoms with Crippen molar-refractivity contribution in [2.45, 2.75) is 17.9 Å². The monoisotopic (exact) mass is 387 g/mol. The van der Waals surface area contributed by atoms with Gasteiger partial charge < -0.3 is 5.32 Å². The van der Waals surface area contributed by atoms with Crippen LogP contribution < -0.4 is 5.32 Å². The van der Waals surface area contributed by atoms with Gasteiger partial charge in [0.1, 0.15) is 5.82 Å². The molecule has 0 saturated heterocycles. The van der Waals surface area contributed by atoms with Gasteiger partial charge in [-0.1, -0.05) is 46.6 Å². The SMILES string of the molecule is CCNC(CSc1cccc(Br)c1)c1ccc(Cl)cc1F. The summed E-state index contributed by atoms with van der Waals surface area (Å²) >= 11 is 11.0. The van der Waals surface area contributed by atoms with Crippen molar-refractivity contribution in [2.75, 3.05) is 12.3 Å². The van der Waals surface area contributed by atoms with Crippen LogP contribution in [0.3, 0.4) is 0 Å². The molecule has 0 aliphatic carbocycles. The van der Waals surface area contributed by atoms with Gasteiger partial charge in [0.2, 0.25) is 0 Å². The lowest BCUT2D eigenvalue weighted by Crippen LogP contribution is -2.24. The van der Waals surface area contributed by atoms with Gasteiger partial charge in [-0.3, -0.25) is 0 Å². The van der Waals surface area contributed by atoms with Crippen molar-refractivity contribution in [2.24, 2.45) is 0 Å². The summed E-state index contributed by atoms with van der Waals surface area (Å²) in [5.41, 5.74) is 0.656. The van der Waals surface area contributed by atoms with Crippen molar-refractivity contribution in [3.63, 3.8) is 0 Å². The van der Waals surface area contributed by atoms with Gasteiger partial charge in [0, 0.05) is 31.7 Å². The number of halogens is 3. The number of hydrogen-bond acceptors (Lipinski definition) is 2. The Bertz CT molecular complexity index is 609. The molecule has 1 nitrogen and oxygen atoms in total. The Morgan fingerprint density at radius 3 is 2.76 bits per heavy atom. The lowest BCUT2D eigenvalue weighted by atomic mass is 10.1. The molecule has 21 heavy (non-hydrogen) atoms. The van der Waals surface area contributed by atoms with Crippen LogP contribution in [0.4, 0.5) is 4.39 Å². The van der Waals surface area contributed by atoms with E-state index in [0.717, 1.165) is 21.7 Å². The smallest absolute Gasteiger partial charge is 0.129 e. The highest BCUT2D eigenvalue weighted by atomic mass is 79.9. The van der Waals surface area contributed by atoms with Crippen LogP contribution in [0, 0.1) is 5.82 Å². The maximum absolute atomic E-state index is 14.1. The van der Waals surface area contributed by atoms with Crippen LogP contribution in [0.5, 0.6) is 0 Å². The summed E-state index contributed by atoms with van der Waals surface area (Å²) in [4.78, 5) is 1.15. The Labute approximate surface area is 142 Å². The molecule has 5 heteroatoms. The molecule has 0 bridgehead atoms. The van der Waals surface area contributed by atoms with Crippen molar-refractivity contribution in [3.05, 3.63) is 63.3 Å². The summed E-state index contributed by atoms with van der Waals surface area (Å²) < 4.78 is 15.1. The Morgan fingerprint density at radius 2 is 2.10 bits per heavy atom. The molecule has 0 radical (unpaired) electrons. The molecule has 1 N–H and O–H groups in total. The average molecular weight is 389 g/mol. The molecular weight excluding hydrogens is 373 g/mol. The molecule has 0 saturated carbocycles. The summed E-state index contributed by atoms with van der Waals surface area (Å²) in [7, 11) is 0. The van der Waals surface area contributed by atoms with E-state index in [0.29, 0.717) is 10.6 Å². The largest absolute Gasteiger partial charge is 0.309 e. The maximum atomic E-state index is 14.1. The molecule has 0 spiro atoms. The fraction of sp³-hybridized carbons (Fsp3) is 0.250. The van der Waals surface area contributed by atoms with Crippen LogP contribution in [-0.4, -0.2) is 12.3 Å². The fourth-order valence-corrected chi connectivity index (χ4v) is 3.78. The number of benzene rings is 2. The number of thioether (sulfide) groups is 1. The first kappa shape index (κ1) is 16.8. The quantitative estimate of drug-likeness (QED) is 0.638. The van der Waals surface area contributed by atoms with Crippen molar-refractivity contribution >= 4 is 39.3 Å². The van der Waals surface area contributed by atoms with Gasteiger partial charge in [0.25, 0.3) is 0 Å². The second-order valence-electron chi connectivity index (χ2n) is 4.54. The van der Waals surface area contributed by atoms with Crippen LogP contribution >= 0.6 is 39.3 Å². The molecule has 1 unspecified atom stereocenters. The lowest BCUT2D eigenvalue weighted by molar-refractivity contribution is 0.545. The van der Waals surface area contributed by atoms with Gasteiger partial charge in [-0.2, -0.15) is 0 Å². The highest BCUT2D eigenvalue weighted by Crippen LogP contribution is 2.28. The molecular formula is C16H16BrClFNS. The second-order valence-corrected chi connectivity index (χ2v) is 6.99. The normalized spacial score (nSPS) is 12.4. The topological polar surface area (TPSA) is 12.0 Å². The molecule has 0 amide bonds. The number of hydrogen-bond donors (Lipinski definition) is 1. The maximum Gasteiger partial charge on any atom is 0.129 e. The summed E-state index contributed by atoms with van der Waals surface area (Å²) in [6, 6.07) is 12.9. The van der Waals surface area contributed by atoms with E-state index in [-0.39, 0.29) is 11.9 Å². The Kier molecular flexibility index (Phi) is 6.55. The van der Waals surface area contributed by atoms with Crippen molar-refractivity contribution in [1.29, 1.82) is 0 Å². The first-order valence-corrected chi connectivity index (χ1v) is 8.82. The van der Waals surface area contributed by atoms with Crippen LogP contribution in [-0.2, 0) is 0 Å². The molecule has 112 valence electrons. The van der Waals surface area contributed by atoms with E-state index in [1.54, 1.807) is 23.9 Å². The molecule has 0 heterocycles. The van der Waals surface area contributed by atoms with Crippen LogP contribution in [0.25, 0.3) is 0 Å². The fourth-order valence-electron chi connectivity index (χ4n) is 2.03. The highest BCUT2D eigenvalue weighted by molar-refractivity contribution is 9.10. The van der Waals surface area contributed by atoms with E-state index in [1.165, 1.54) is 6.07 Å². The second kappa shape index (κ2) is 8.18. The first-order valence-electron chi connectivity index (χ1n) is 6.67. The van der Waals surface area contributed by atoms with E-state index < -0.39 is 0 Å². The third-order valence-electron chi connectivity index (χ3n) is 3.00. The lowest BCUT2D eigenvalue weighted by Gasteiger charge is -2.19. The molecule has 0 aromatic heterocycles. The predicted octanol–water partition coefficient (Wildman–Crippen LogP) is 5.68. The zero-order chi connectivity index (χ0) is 15.2. The van der Waals surface area contributed by atoms with Crippen molar-refractivity contribution in [3.8, 4) is 0 Å². The Hall–Kier alpha value is -0.550. The summed E-state index contributed by atoms with van der Waals surface area (Å²) in [6.45, 7) is 2.80. The Balaban J connectivity index is 2.12.